The zero-order valence-corrected chi connectivity index (χ0v) is 19.4. The van der Waals surface area contributed by atoms with Gasteiger partial charge in [0.25, 0.3) is 5.56 Å². The lowest BCUT2D eigenvalue weighted by atomic mass is 9.73. The molecule has 1 spiro atoms. The second-order valence-electron chi connectivity index (χ2n) is 9.72. The van der Waals surface area contributed by atoms with Crippen LogP contribution >= 0.6 is 0 Å². The van der Waals surface area contributed by atoms with E-state index in [-0.39, 0.29) is 40.3 Å². The molecule has 5 N–H and O–H groups in total. The van der Waals surface area contributed by atoms with Crippen molar-refractivity contribution in [3.8, 4) is 0 Å². The second kappa shape index (κ2) is 8.14. The Labute approximate surface area is 193 Å². The van der Waals surface area contributed by atoms with E-state index in [2.05, 4.69) is 22.0 Å². The fourth-order valence-corrected chi connectivity index (χ4v) is 5.58. The molecule has 9 heteroatoms. The minimum absolute atomic E-state index is 0.00700. The molecular formula is C24H33N7O2. The summed E-state index contributed by atoms with van der Waals surface area (Å²) in [6, 6.07) is 8.26. The number of nitrogens with two attached hydrogens (primary N) is 2. The van der Waals surface area contributed by atoms with Gasteiger partial charge in [-0.1, -0.05) is 24.3 Å². The lowest BCUT2D eigenvalue weighted by molar-refractivity contribution is 0.0973. The van der Waals surface area contributed by atoms with E-state index < -0.39 is 0 Å². The molecule has 0 unspecified atom stereocenters. The van der Waals surface area contributed by atoms with Crippen molar-refractivity contribution >= 4 is 17.6 Å². The molecule has 2 saturated heterocycles. The van der Waals surface area contributed by atoms with Crippen LogP contribution in [0.15, 0.2) is 29.1 Å². The summed E-state index contributed by atoms with van der Waals surface area (Å²) in [6.07, 6.45) is 2.68. The van der Waals surface area contributed by atoms with Crippen LogP contribution in [0.4, 0.5) is 11.8 Å². The number of piperidine rings is 1. The number of nitrogen functional groups attached to an aromatic ring is 1. The number of anilines is 2. The van der Waals surface area contributed by atoms with Gasteiger partial charge in [0.05, 0.1) is 12.7 Å². The Bertz CT molecular complexity index is 1140. The first-order valence-corrected chi connectivity index (χ1v) is 11.7. The van der Waals surface area contributed by atoms with Gasteiger partial charge in [0, 0.05) is 44.7 Å². The zero-order valence-electron chi connectivity index (χ0n) is 19.4. The molecule has 9 nitrogen and oxygen atoms in total. The Morgan fingerprint density at radius 3 is 2.58 bits per heavy atom. The number of aromatic nitrogens is 2. The number of rotatable bonds is 2. The third-order valence-electron chi connectivity index (χ3n) is 7.87. The Balaban J connectivity index is 1.37. The predicted molar refractivity (Wildman–Crippen MR) is 129 cm³/mol. The number of fused-ring (bicyclic) bond motifs is 1. The molecule has 0 saturated carbocycles. The summed E-state index contributed by atoms with van der Waals surface area (Å²) in [5, 5.41) is 8.76. The molecule has 2 fully saturated rings. The fraction of sp³-hybridized carbons (Fsp3) is 0.542. The highest BCUT2D eigenvalue weighted by atomic mass is 16.5. The number of hydrogen-bond donors (Lipinski definition) is 3. The lowest BCUT2D eigenvalue weighted by Gasteiger charge is -2.41. The van der Waals surface area contributed by atoms with Crippen LogP contribution in [-0.4, -0.2) is 58.7 Å². The van der Waals surface area contributed by atoms with Gasteiger partial charge in [-0.2, -0.15) is 4.98 Å². The van der Waals surface area contributed by atoms with Crippen LogP contribution in [-0.2, 0) is 24.8 Å². The van der Waals surface area contributed by atoms with E-state index in [4.69, 9.17) is 21.6 Å². The van der Waals surface area contributed by atoms with Crippen molar-refractivity contribution in [1.82, 2.24) is 14.5 Å². The lowest BCUT2D eigenvalue weighted by Crippen LogP contribution is -2.51. The van der Waals surface area contributed by atoms with Gasteiger partial charge >= 0.3 is 0 Å². The molecule has 4 heterocycles. The monoisotopic (exact) mass is 451 g/mol. The van der Waals surface area contributed by atoms with Crippen LogP contribution in [0.3, 0.4) is 0 Å². The van der Waals surface area contributed by atoms with Crippen LogP contribution < -0.4 is 21.9 Å². The smallest absolute Gasteiger partial charge is 0.267 e. The van der Waals surface area contributed by atoms with Crippen LogP contribution in [0, 0.1) is 10.8 Å². The Kier molecular flexibility index (Phi) is 5.41. The van der Waals surface area contributed by atoms with Crippen LogP contribution in [0.5, 0.6) is 0 Å². The highest BCUT2D eigenvalue weighted by molar-refractivity contribution is 6.00. The van der Waals surface area contributed by atoms with Crippen molar-refractivity contribution < 1.29 is 4.74 Å². The molecule has 3 aliphatic rings. The maximum absolute atomic E-state index is 13.3. The quantitative estimate of drug-likeness (QED) is 0.461. The summed E-state index contributed by atoms with van der Waals surface area (Å²) in [6.45, 7) is 5.47. The normalized spacial score (nSPS) is 24.2. The molecule has 2 aromatic rings. The summed E-state index contributed by atoms with van der Waals surface area (Å²) in [5.41, 5.74) is 15.1. The fourth-order valence-electron chi connectivity index (χ4n) is 5.58. The highest BCUT2D eigenvalue weighted by Gasteiger charge is 2.47. The maximum Gasteiger partial charge on any atom is 0.267 e. The van der Waals surface area contributed by atoms with Crippen molar-refractivity contribution in [1.29, 1.82) is 5.41 Å². The Morgan fingerprint density at radius 2 is 1.91 bits per heavy atom. The second-order valence-corrected chi connectivity index (χ2v) is 9.72. The van der Waals surface area contributed by atoms with Gasteiger partial charge in [-0.25, -0.2) is 0 Å². The standard InChI is InChI=1S/C24H33N7O2/c1-15-19(25)24(14-33-15)8-11-30(12-9-24)23-28-20(26)18(22(32)29(23)2)21(27)31-10-7-16-5-3-4-6-17(16)13-31/h3-6,15,19,27H,7-14,25-26H2,1-2H3/t15-,19+/m0/s1. The molecule has 0 bridgehead atoms. The van der Waals surface area contributed by atoms with Gasteiger partial charge < -0.3 is 26.0 Å². The molecule has 0 amide bonds. The molecule has 0 aliphatic carbocycles. The van der Waals surface area contributed by atoms with Crippen molar-refractivity contribution in [2.45, 2.75) is 44.9 Å². The van der Waals surface area contributed by atoms with Gasteiger partial charge in [-0.15, -0.1) is 0 Å². The first kappa shape index (κ1) is 21.9. The predicted octanol–water partition coefficient (Wildman–Crippen LogP) is 1.08. The minimum Gasteiger partial charge on any atom is -0.383 e. The van der Waals surface area contributed by atoms with Crippen molar-refractivity contribution in [3.63, 3.8) is 0 Å². The van der Waals surface area contributed by atoms with E-state index in [9.17, 15) is 4.79 Å². The topological polar surface area (TPSA) is 126 Å². The number of amidine groups is 1. The van der Waals surface area contributed by atoms with E-state index >= 15 is 0 Å². The number of nitrogens with one attached hydrogen (secondary N) is 1. The minimum atomic E-state index is -0.281. The van der Waals surface area contributed by atoms with Crippen LogP contribution in [0.25, 0.3) is 0 Å². The van der Waals surface area contributed by atoms with Crippen molar-refractivity contribution in [2.24, 2.45) is 18.2 Å². The number of hydrogen-bond acceptors (Lipinski definition) is 7. The molecule has 2 atom stereocenters. The Morgan fingerprint density at radius 1 is 1.21 bits per heavy atom. The molecule has 1 aromatic carbocycles. The summed E-state index contributed by atoms with van der Waals surface area (Å²) in [4.78, 5) is 21.9. The molecular weight excluding hydrogens is 418 g/mol. The van der Waals surface area contributed by atoms with Gasteiger partial charge in [-0.05, 0) is 37.3 Å². The van der Waals surface area contributed by atoms with E-state index in [0.717, 1.165) is 32.4 Å². The third kappa shape index (κ3) is 3.59. The molecule has 0 radical (unpaired) electrons. The highest BCUT2D eigenvalue weighted by Crippen LogP contribution is 2.41. The van der Waals surface area contributed by atoms with E-state index in [0.29, 0.717) is 25.6 Å². The molecule has 1 aromatic heterocycles. The SMILES string of the molecule is C[C@@H]1OCC2(CCN(c3nc(N)c(C(=N)N4CCc5ccccc5C4)c(=O)n3C)CC2)[C@@H]1N. The number of benzene rings is 1. The number of ether oxygens (including phenoxy) is 1. The van der Waals surface area contributed by atoms with E-state index in [1.807, 2.05) is 24.0 Å². The van der Waals surface area contributed by atoms with Crippen molar-refractivity contribution in [2.75, 3.05) is 36.9 Å². The Hall–Kier alpha value is -2.91. The molecule has 5 rings (SSSR count). The first-order chi connectivity index (χ1) is 15.8. The summed E-state index contributed by atoms with van der Waals surface area (Å²) in [5.74, 6) is 0.808. The molecule has 3 aliphatic heterocycles. The van der Waals surface area contributed by atoms with Crippen molar-refractivity contribution in [3.05, 3.63) is 51.3 Å². The average molecular weight is 452 g/mol. The van der Waals surface area contributed by atoms with Crippen LogP contribution in [0.1, 0.15) is 36.5 Å². The zero-order chi connectivity index (χ0) is 23.3. The first-order valence-electron chi connectivity index (χ1n) is 11.7. The summed E-state index contributed by atoms with van der Waals surface area (Å²) in [7, 11) is 1.71. The average Bonchev–Trinajstić information content (AvgIpc) is 3.10. The third-order valence-corrected chi connectivity index (χ3v) is 7.87. The van der Waals surface area contributed by atoms with Gasteiger partial charge in [0.1, 0.15) is 17.2 Å². The van der Waals surface area contributed by atoms with Gasteiger partial charge in [0.2, 0.25) is 5.95 Å². The number of nitrogens with zero attached hydrogens (tertiary/aromatic N) is 4. The van der Waals surface area contributed by atoms with E-state index in [1.165, 1.54) is 15.7 Å². The maximum atomic E-state index is 13.3. The largest absolute Gasteiger partial charge is 0.383 e. The van der Waals surface area contributed by atoms with Gasteiger partial charge in [-0.3, -0.25) is 14.8 Å². The summed E-state index contributed by atoms with van der Waals surface area (Å²) >= 11 is 0. The van der Waals surface area contributed by atoms with E-state index in [1.54, 1.807) is 7.05 Å². The molecule has 176 valence electrons. The van der Waals surface area contributed by atoms with Gasteiger partial charge in [0.15, 0.2) is 0 Å². The van der Waals surface area contributed by atoms with Crippen LogP contribution in [0.2, 0.25) is 0 Å². The molecule has 33 heavy (non-hydrogen) atoms. The summed E-state index contributed by atoms with van der Waals surface area (Å²) < 4.78 is 7.35.